The highest BCUT2D eigenvalue weighted by atomic mass is 35.5. The van der Waals surface area contributed by atoms with Crippen LogP contribution in [0.3, 0.4) is 0 Å². The molecule has 0 amide bonds. The molecule has 0 spiro atoms. The zero-order valence-corrected chi connectivity index (χ0v) is 10.3. The van der Waals surface area contributed by atoms with E-state index in [9.17, 15) is 0 Å². The van der Waals surface area contributed by atoms with Crippen LogP contribution in [0.2, 0.25) is 5.02 Å². The fourth-order valence-corrected chi connectivity index (χ4v) is 2.09. The molecule has 16 heavy (non-hydrogen) atoms. The molecule has 2 aromatic heterocycles. The molecule has 0 aliphatic carbocycles. The number of halogens is 1. The number of hydrogen-bond acceptors (Lipinski definition) is 2. The Balaban J connectivity index is 2.65. The number of nitrogens with zero attached hydrogens (tertiary/aromatic N) is 2. The first kappa shape index (κ1) is 11.4. The van der Waals surface area contributed by atoms with E-state index in [0.717, 1.165) is 17.8 Å². The van der Waals surface area contributed by atoms with Crippen molar-refractivity contribution in [3.8, 4) is 0 Å². The Morgan fingerprint density at radius 3 is 2.88 bits per heavy atom. The van der Waals surface area contributed by atoms with Crippen LogP contribution in [0, 0.1) is 0 Å². The molecule has 0 saturated heterocycles. The van der Waals surface area contributed by atoms with Crippen molar-refractivity contribution in [3.63, 3.8) is 0 Å². The molecule has 4 heteroatoms. The fraction of sp³-hybridized carbons (Fsp3) is 0.417. The van der Waals surface area contributed by atoms with Gasteiger partial charge in [-0.3, -0.25) is 0 Å². The van der Waals surface area contributed by atoms with E-state index in [1.165, 1.54) is 5.69 Å². The van der Waals surface area contributed by atoms with Crippen LogP contribution in [0.5, 0.6) is 0 Å². The van der Waals surface area contributed by atoms with Gasteiger partial charge in [0.2, 0.25) is 0 Å². The van der Waals surface area contributed by atoms with Gasteiger partial charge in [0.05, 0.1) is 5.69 Å². The average Bonchev–Trinajstić information content (AvgIpc) is 2.57. The lowest BCUT2D eigenvalue weighted by Gasteiger charge is -2.05. The first-order valence-corrected chi connectivity index (χ1v) is 5.87. The fourth-order valence-electron chi connectivity index (χ4n) is 1.94. The number of nitrogens with two attached hydrogens (primary N) is 1. The molecular weight excluding hydrogens is 222 g/mol. The topological polar surface area (TPSA) is 43.3 Å². The Hall–Kier alpha value is -1.06. The molecule has 0 unspecified atom stereocenters. The number of fused-ring (bicyclic) bond motifs is 1. The molecule has 2 rings (SSSR count). The first-order valence-electron chi connectivity index (χ1n) is 5.50. The van der Waals surface area contributed by atoms with Crippen molar-refractivity contribution in [3.05, 3.63) is 34.7 Å². The van der Waals surface area contributed by atoms with Gasteiger partial charge in [-0.25, -0.2) is 4.98 Å². The summed E-state index contributed by atoms with van der Waals surface area (Å²) in [5.74, 6) is 0.403. The Morgan fingerprint density at radius 2 is 2.25 bits per heavy atom. The number of hydrogen-bond donors (Lipinski definition) is 1. The van der Waals surface area contributed by atoms with E-state index in [1.54, 1.807) is 0 Å². The molecule has 0 aliphatic rings. The second kappa shape index (κ2) is 4.44. The van der Waals surface area contributed by atoms with Crippen LogP contribution in [0.4, 0.5) is 0 Å². The van der Waals surface area contributed by atoms with Crippen LogP contribution < -0.4 is 5.73 Å². The average molecular weight is 238 g/mol. The van der Waals surface area contributed by atoms with Gasteiger partial charge in [-0.2, -0.15) is 0 Å². The highest BCUT2D eigenvalue weighted by molar-refractivity contribution is 6.30. The van der Waals surface area contributed by atoms with Gasteiger partial charge in [0.15, 0.2) is 0 Å². The summed E-state index contributed by atoms with van der Waals surface area (Å²) in [5.41, 5.74) is 8.86. The van der Waals surface area contributed by atoms with E-state index in [0.29, 0.717) is 17.5 Å². The van der Waals surface area contributed by atoms with Gasteiger partial charge in [-0.1, -0.05) is 25.4 Å². The van der Waals surface area contributed by atoms with E-state index >= 15 is 0 Å². The smallest absolute Gasteiger partial charge is 0.138 e. The van der Waals surface area contributed by atoms with Crippen LogP contribution in [-0.4, -0.2) is 15.9 Å². The van der Waals surface area contributed by atoms with Crippen molar-refractivity contribution in [2.45, 2.75) is 26.2 Å². The molecule has 0 fully saturated rings. The van der Waals surface area contributed by atoms with Gasteiger partial charge < -0.3 is 10.1 Å². The van der Waals surface area contributed by atoms with Gasteiger partial charge in [0, 0.05) is 29.4 Å². The summed E-state index contributed by atoms with van der Waals surface area (Å²) in [5, 5.41) is 0.715. The normalized spacial score (nSPS) is 11.6. The van der Waals surface area contributed by atoms with Gasteiger partial charge in [-0.05, 0) is 18.5 Å². The molecule has 86 valence electrons. The van der Waals surface area contributed by atoms with Crippen molar-refractivity contribution in [1.29, 1.82) is 0 Å². The molecule has 0 saturated carbocycles. The van der Waals surface area contributed by atoms with E-state index in [2.05, 4.69) is 23.2 Å². The predicted octanol–water partition coefficient (Wildman–Crippen LogP) is 2.61. The highest BCUT2D eigenvalue weighted by Gasteiger charge is 2.14. The SMILES string of the molecule is CC(C)c1nc2cc(Cl)ccn2c1CCN. The molecule has 3 nitrogen and oxygen atoms in total. The molecule has 0 atom stereocenters. The maximum Gasteiger partial charge on any atom is 0.138 e. The number of aromatic nitrogens is 2. The Kier molecular flexibility index (Phi) is 3.17. The minimum atomic E-state index is 0.403. The lowest BCUT2D eigenvalue weighted by atomic mass is 10.1. The molecule has 0 aliphatic heterocycles. The van der Waals surface area contributed by atoms with Crippen LogP contribution in [0.15, 0.2) is 18.3 Å². The molecule has 0 bridgehead atoms. The maximum atomic E-state index is 5.96. The standard InChI is InChI=1S/C12H16ClN3/c1-8(2)12-10(3-5-14)16-6-4-9(13)7-11(16)15-12/h4,6-8H,3,5,14H2,1-2H3. The van der Waals surface area contributed by atoms with Gasteiger partial charge in [0.25, 0.3) is 0 Å². The Labute approximate surface area is 100 Å². The molecule has 2 N–H and O–H groups in total. The van der Waals surface area contributed by atoms with E-state index in [1.807, 2.05) is 18.3 Å². The number of pyridine rings is 1. The summed E-state index contributed by atoms with van der Waals surface area (Å²) in [6.45, 7) is 4.92. The third-order valence-electron chi connectivity index (χ3n) is 2.65. The Morgan fingerprint density at radius 1 is 1.50 bits per heavy atom. The van der Waals surface area contributed by atoms with E-state index in [-0.39, 0.29) is 0 Å². The minimum absolute atomic E-state index is 0.403. The van der Waals surface area contributed by atoms with E-state index < -0.39 is 0 Å². The second-order valence-corrected chi connectivity index (χ2v) is 4.65. The second-order valence-electron chi connectivity index (χ2n) is 4.21. The Bertz CT molecular complexity index is 502. The number of rotatable bonds is 3. The van der Waals surface area contributed by atoms with Crippen LogP contribution in [-0.2, 0) is 6.42 Å². The molecule has 2 heterocycles. The third kappa shape index (κ3) is 1.93. The summed E-state index contributed by atoms with van der Waals surface area (Å²) in [6.07, 6.45) is 2.80. The van der Waals surface area contributed by atoms with Crippen LogP contribution >= 0.6 is 11.6 Å². The monoisotopic (exact) mass is 237 g/mol. The summed E-state index contributed by atoms with van der Waals surface area (Å²) in [6, 6.07) is 3.76. The summed E-state index contributed by atoms with van der Waals surface area (Å²) in [4.78, 5) is 4.61. The van der Waals surface area contributed by atoms with Crippen molar-refractivity contribution >= 4 is 17.2 Å². The van der Waals surface area contributed by atoms with Gasteiger partial charge >= 0.3 is 0 Å². The van der Waals surface area contributed by atoms with Crippen molar-refractivity contribution < 1.29 is 0 Å². The molecular formula is C12H16ClN3. The summed E-state index contributed by atoms with van der Waals surface area (Å²) < 4.78 is 2.08. The van der Waals surface area contributed by atoms with Crippen molar-refractivity contribution in [1.82, 2.24) is 9.38 Å². The molecule has 0 aromatic carbocycles. The van der Waals surface area contributed by atoms with E-state index in [4.69, 9.17) is 17.3 Å². The maximum absolute atomic E-state index is 5.96. The third-order valence-corrected chi connectivity index (χ3v) is 2.88. The van der Waals surface area contributed by atoms with Gasteiger partial charge in [-0.15, -0.1) is 0 Å². The van der Waals surface area contributed by atoms with Crippen LogP contribution in [0.1, 0.15) is 31.2 Å². The van der Waals surface area contributed by atoms with Gasteiger partial charge in [0.1, 0.15) is 5.65 Å². The number of imidazole rings is 1. The van der Waals surface area contributed by atoms with Crippen LogP contribution in [0.25, 0.3) is 5.65 Å². The minimum Gasteiger partial charge on any atom is -0.330 e. The predicted molar refractivity (Wildman–Crippen MR) is 67.0 cm³/mol. The molecule has 2 aromatic rings. The summed E-state index contributed by atoms with van der Waals surface area (Å²) >= 11 is 5.96. The zero-order chi connectivity index (χ0) is 11.7. The quantitative estimate of drug-likeness (QED) is 0.892. The first-order chi connectivity index (χ1) is 7.63. The lowest BCUT2D eigenvalue weighted by Crippen LogP contribution is -2.07. The zero-order valence-electron chi connectivity index (χ0n) is 9.57. The highest BCUT2D eigenvalue weighted by Crippen LogP contribution is 2.22. The van der Waals surface area contributed by atoms with Crippen molar-refractivity contribution in [2.75, 3.05) is 6.54 Å². The largest absolute Gasteiger partial charge is 0.330 e. The lowest BCUT2D eigenvalue weighted by molar-refractivity contribution is 0.791. The van der Waals surface area contributed by atoms with Crippen molar-refractivity contribution in [2.24, 2.45) is 5.73 Å². The summed E-state index contributed by atoms with van der Waals surface area (Å²) in [7, 11) is 0. The molecule has 0 radical (unpaired) electrons.